The molecule has 2 aromatic carbocycles. The molecule has 0 spiro atoms. The molecule has 1 aromatic heterocycles. The third-order valence-electron chi connectivity index (χ3n) is 8.69. The van der Waals surface area contributed by atoms with Crippen molar-refractivity contribution in [2.24, 2.45) is 5.41 Å². The van der Waals surface area contributed by atoms with E-state index in [-0.39, 0.29) is 17.5 Å². The number of benzene rings is 2. The number of carbonyl (C=O) groups is 1. The first-order valence-corrected chi connectivity index (χ1v) is 16.0. The number of hydrogen-bond acceptors (Lipinski definition) is 7. The molecule has 1 aliphatic rings. The highest BCUT2D eigenvalue weighted by atomic mass is 19.1. The van der Waals surface area contributed by atoms with Crippen molar-refractivity contribution in [1.82, 2.24) is 14.9 Å². The van der Waals surface area contributed by atoms with Gasteiger partial charge in [0.25, 0.3) is 0 Å². The molecule has 8 nitrogen and oxygen atoms in total. The Bertz CT molecular complexity index is 1510. The zero-order valence-corrected chi connectivity index (χ0v) is 28.8. The van der Waals surface area contributed by atoms with Crippen LogP contribution in [0.4, 0.5) is 27.4 Å². The van der Waals surface area contributed by atoms with Gasteiger partial charge in [-0.2, -0.15) is 0 Å². The molecule has 0 unspecified atom stereocenters. The van der Waals surface area contributed by atoms with Crippen LogP contribution in [0.1, 0.15) is 70.2 Å². The topological polar surface area (TPSA) is 82.6 Å². The molecule has 248 valence electrons. The number of methoxy groups -OCH3 is 1. The Morgan fingerprint density at radius 1 is 1.13 bits per heavy atom. The predicted molar refractivity (Wildman–Crippen MR) is 190 cm³/mol. The number of carbonyl (C=O) groups excluding carboxylic acids is 1. The predicted octanol–water partition coefficient (Wildman–Crippen LogP) is 8.09. The molecule has 1 saturated carbocycles. The van der Waals surface area contributed by atoms with Gasteiger partial charge in [0.05, 0.1) is 30.4 Å². The van der Waals surface area contributed by atoms with Crippen molar-refractivity contribution in [2.45, 2.75) is 59.8 Å². The van der Waals surface area contributed by atoms with E-state index >= 15 is 4.39 Å². The molecule has 0 saturated heterocycles. The Morgan fingerprint density at radius 3 is 2.39 bits per heavy atom. The normalized spacial score (nSPS) is 13.7. The number of hydrogen-bond donors (Lipinski definition) is 2. The van der Waals surface area contributed by atoms with Crippen LogP contribution in [-0.2, 0) is 11.2 Å². The quantitative estimate of drug-likeness (QED) is 0.185. The Labute approximate surface area is 274 Å². The third-order valence-corrected chi connectivity index (χ3v) is 8.69. The van der Waals surface area contributed by atoms with Crippen LogP contribution in [0.25, 0.3) is 5.57 Å². The lowest BCUT2D eigenvalue weighted by Gasteiger charge is -2.37. The molecule has 2 N–H and O–H groups in total. The molecule has 3 aromatic rings. The van der Waals surface area contributed by atoms with E-state index in [1.165, 1.54) is 31.8 Å². The Morgan fingerprint density at radius 2 is 1.85 bits per heavy atom. The number of allylic oxidation sites excluding steroid dienone is 1. The van der Waals surface area contributed by atoms with Crippen LogP contribution in [0, 0.1) is 11.2 Å². The molecule has 0 radical (unpaired) electrons. The molecule has 0 bridgehead atoms. The van der Waals surface area contributed by atoms with Crippen LogP contribution >= 0.6 is 0 Å². The average molecular weight is 631 g/mol. The van der Waals surface area contributed by atoms with E-state index in [9.17, 15) is 4.79 Å². The van der Waals surface area contributed by atoms with Gasteiger partial charge in [-0.05, 0) is 69.0 Å². The van der Waals surface area contributed by atoms with Crippen LogP contribution < -0.4 is 20.3 Å². The Balaban J connectivity index is 0.000000724. The number of aryl methyl sites for hydroxylation is 1. The van der Waals surface area contributed by atoms with Crippen molar-refractivity contribution in [3.63, 3.8) is 0 Å². The fourth-order valence-electron chi connectivity index (χ4n) is 5.29. The summed E-state index contributed by atoms with van der Waals surface area (Å²) < 4.78 is 20.7. The summed E-state index contributed by atoms with van der Waals surface area (Å²) in [5.41, 5.74) is 5.48. The highest BCUT2D eigenvalue weighted by molar-refractivity contribution is 6.02. The number of nitrogens with zero attached hydrogens (tertiary/aromatic N) is 4. The number of nitrogens with one attached hydrogen (secondary N) is 2. The summed E-state index contributed by atoms with van der Waals surface area (Å²) in [5.74, 6) is -0.174. The molecule has 4 rings (SSSR count). The Kier molecular flexibility index (Phi) is 13.3. The third kappa shape index (κ3) is 9.39. The molecule has 0 aliphatic heterocycles. The molecule has 1 fully saturated rings. The second kappa shape index (κ2) is 16.9. The number of halogens is 1. The van der Waals surface area contributed by atoms with E-state index < -0.39 is 5.82 Å². The number of aromatic nitrogens is 2. The first-order valence-electron chi connectivity index (χ1n) is 16.0. The fourth-order valence-corrected chi connectivity index (χ4v) is 5.29. The number of likely N-dealkylation sites (N-methyl/N-ethyl adjacent to an activating group) is 2. The van der Waals surface area contributed by atoms with Crippen LogP contribution in [0.5, 0.6) is 5.75 Å². The smallest absolute Gasteiger partial charge is 0.247 e. The van der Waals surface area contributed by atoms with Crippen molar-refractivity contribution in [1.29, 1.82) is 0 Å². The number of anilines is 4. The zero-order valence-electron chi connectivity index (χ0n) is 28.8. The molecule has 9 heteroatoms. The van der Waals surface area contributed by atoms with Gasteiger partial charge in [-0.15, -0.1) is 0 Å². The monoisotopic (exact) mass is 630 g/mol. The van der Waals surface area contributed by atoms with Gasteiger partial charge in [0.15, 0.2) is 5.82 Å². The van der Waals surface area contributed by atoms with Crippen LogP contribution in [0.15, 0.2) is 61.3 Å². The van der Waals surface area contributed by atoms with Gasteiger partial charge in [0, 0.05) is 31.8 Å². The lowest BCUT2D eigenvalue weighted by molar-refractivity contribution is -0.111. The van der Waals surface area contributed by atoms with E-state index in [1.54, 1.807) is 13.2 Å². The number of ether oxygens (including phenoxy) is 1. The number of rotatable bonds is 13. The van der Waals surface area contributed by atoms with Gasteiger partial charge in [0.2, 0.25) is 11.9 Å². The molecule has 1 heterocycles. The lowest BCUT2D eigenvalue weighted by atomic mass is 9.69. The zero-order chi connectivity index (χ0) is 33.9. The lowest BCUT2D eigenvalue weighted by Crippen LogP contribution is -2.29. The highest BCUT2D eigenvalue weighted by Crippen LogP contribution is 2.42. The van der Waals surface area contributed by atoms with Crippen LogP contribution in [-0.4, -0.2) is 62.1 Å². The molecular formula is C37H51FN6O2. The molecule has 0 atom stereocenters. The second-order valence-corrected chi connectivity index (χ2v) is 12.2. The van der Waals surface area contributed by atoms with Gasteiger partial charge >= 0.3 is 0 Å². The molecule has 1 amide bonds. The minimum Gasteiger partial charge on any atom is -0.494 e. The van der Waals surface area contributed by atoms with Crippen LogP contribution in [0.2, 0.25) is 0 Å². The summed E-state index contributed by atoms with van der Waals surface area (Å²) in [6.07, 6.45) is 10.8. The Hall–Kier alpha value is -4.24. The maximum absolute atomic E-state index is 15.0. The maximum atomic E-state index is 15.0. The number of amides is 1. The fraction of sp³-hybridized carbons (Fsp3) is 0.432. The first kappa shape index (κ1) is 36.2. The molecule has 46 heavy (non-hydrogen) atoms. The van der Waals surface area contributed by atoms with Gasteiger partial charge in [-0.1, -0.05) is 70.5 Å². The summed E-state index contributed by atoms with van der Waals surface area (Å²) >= 11 is 0. The van der Waals surface area contributed by atoms with Crippen molar-refractivity contribution in [3.8, 4) is 5.75 Å². The summed E-state index contributed by atoms with van der Waals surface area (Å²) in [4.78, 5) is 25.1. The summed E-state index contributed by atoms with van der Waals surface area (Å²) in [5, 5.41) is 6.02. The summed E-state index contributed by atoms with van der Waals surface area (Å²) in [6, 6.07) is 11.5. The summed E-state index contributed by atoms with van der Waals surface area (Å²) in [6.45, 7) is 13.7. The first-order chi connectivity index (χ1) is 22.0. The highest BCUT2D eigenvalue weighted by Gasteiger charge is 2.28. The van der Waals surface area contributed by atoms with E-state index in [0.29, 0.717) is 22.7 Å². The molecule has 1 aliphatic carbocycles. The SMILES string of the molecule is C=CC(=O)Nc1cc(Nc2ncc(F)c(/C(=C/C)c3ccccc3CC)n2)c(OC)cc1N(C)CCN(C)C.CCC1(C)CCC1. The minimum atomic E-state index is -0.525. The molecular weight excluding hydrogens is 579 g/mol. The van der Waals surface area contributed by atoms with Gasteiger partial charge in [0.1, 0.15) is 11.4 Å². The van der Waals surface area contributed by atoms with E-state index in [0.717, 1.165) is 47.9 Å². The maximum Gasteiger partial charge on any atom is 0.247 e. The minimum absolute atomic E-state index is 0.188. The van der Waals surface area contributed by atoms with E-state index in [2.05, 4.69) is 52.9 Å². The van der Waals surface area contributed by atoms with E-state index in [1.807, 2.05) is 69.4 Å². The van der Waals surface area contributed by atoms with Gasteiger partial charge in [-0.3, -0.25) is 4.79 Å². The van der Waals surface area contributed by atoms with Crippen molar-refractivity contribution in [3.05, 3.63) is 84.0 Å². The van der Waals surface area contributed by atoms with Crippen LogP contribution in [0.3, 0.4) is 0 Å². The van der Waals surface area contributed by atoms with E-state index in [4.69, 9.17) is 4.74 Å². The standard InChI is InChI=1S/C30H37FN6O2.C7H14/c1-8-20-13-11-12-14-22(20)21(9-2)29-23(31)19-32-30(35-29)34-25-17-24(33-28(38)10-3)26(18-27(25)39-7)37(6)16-15-36(4)5;1-3-7(2)5-4-6-7/h9-14,17-19H,3,8,15-16H2,1-2,4-7H3,(H,33,38)(H,32,34,35);3-6H2,1-2H3/b21-9+;. The second-order valence-electron chi connectivity index (χ2n) is 12.2. The van der Waals surface area contributed by atoms with Crippen molar-refractivity contribution >= 4 is 34.5 Å². The van der Waals surface area contributed by atoms with Crippen molar-refractivity contribution < 1.29 is 13.9 Å². The van der Waals surface area contributed by atoms with Gasteiger partial charge in [-0.25, -0.2) is 14.4 Å². The van der Waals surface area contributed by atoms with Gasteiger partial charge < -0.3 is 25.2 Å². The average Bonchev–Trinajstić information content (AvgIpc) is 3.04. The largest absolute Gasteiger partial charge is 0.494 e. The van der Waals surface area contributed by atoms with Crippen molar-refractivity contribution in [2.75, 3.05) is 56.9 Å². The summed E-state index contributed by atoms with van der Waals surface area (Å²) in [7, 11) is 7.50.